The van der Waals surface area contributed by atoms with Crippen molar-refractivity contribution in [3.63, 3.8) is 0 Å². The lowest BCUT2D eigenvalue weighted by Gasteiger charge is -2.07. The van der Waals surface area contributed by atoms with Gasteiger partial charge in [-0.1, -0.05) is 12.1 Å². The quantitative estimate of drug-likeness (QED) is 0.664. The summed E-state index contributed by atoms with van der Waals surface area (Å²) in [5, 5.41) is 22.9. The average molecular weight is 268 g/mol. The number of nitrogens with one attached hydrogen (secondary N) is 1. The fourth-order valence-electron chi connectivity index (χ4n) is 1.86. The Morgan fingerprint density at radius 3 is 2.85 bits per heavy atom. The van der Waals surface area contributed by atoms with Crippen molar-refractivity contribution in [2.75, 3.05) is 11.9 Å². The number of anilines is 1. The van der Waals surface area contributed by atoms with Gasteiger partial charge in [0.1, 0.15) is 17.3 Å². The maximum atomic E-state index is 11.0. The van der Waals surface area contributed by atoms with Crippen LogP contribution in [-0.4, -0.2) is 16.5 Å². The summed E-state index contributed by atoms with van der Waals surface area (Å²) in [4.78, 5) is 14.5. The molecule has 0 bridgehead atoms. The van der Waals surface area contributed by atoms with Crippen LogP contribution in [0.4, 0.5) is 11.4 Å². The van der Waals surface area contributed by atoms with Gasteiger partial charge in [-0.25, -0.2) is 0 Å². The first kappa shape index (κ1) is 13.5. The normalized spacial score (nSPS) is 9.75. The molecule has 0 aliphatic rings. The van der Waals surface area contributed by atoms with Crippen LogP contribution >= 0.6 is 0 Å². The molecule has 6 nitrogen and oxygen atoms in total. The van der Waals surface area contributed by atoms with E-state index in [-0.39, 0.29) is 11.3 Å². The van der Waals surface area contributed by atoms with Gasteiger partial charge in [0.25, 0.3) is 0 Å². The third kappa shape index (κ3) is 3.09. The van der Waals surface area contributed by atoms with Crippen LogP contribution in [0.5, 0.6) is 0 Å². The highest BCUT2D eigenvalue weighted by atomic mass is 16.6. The summed E-state index contributed by atoms with van der Waals surface area (Å²) in [5.41, 5.74) is 1.28. The number of aromatic nitrogens is 1. The summed E-state index contributed by atoms with van der Waals surface area (Å²) in [6.07, 6.45) is 4.14. The summed E-state index contributed by atoms with van der Waals surface area (Å²) in [6.45, 7) is 0.529. The van der Waals surface area contributed by atoms with Crippen LogP contribution in [0.1, 0.15) is 11.1 Å². The molecule has 6 heteroatoms. The molecule has 100 valence electrons. The number of nitro benzene ring substituents is 1. The topological polar surface area (TPSA) is 91.8 Å². The lowest BCUT2D eigenvalue weighted by molar-refractivity contribution is -0.384. The summed E-state index contributed by atoms with van der Waals surface area (Å²) in [6, 6.07) is 10.3. The molecule has 2 aromatic rings. The molecule has 2 rings (SSSR count). The zero-order valence-electron chi connectivity index (χ0n) is 10.6. The number of nitriles is 1. The summed E-state index contributed by atoms with van der Waals surface area (Å²) in [5.74, 6) is 0. The van der Waals surface area contributed by atoms with Crippen LogP contribution in [-0.2, 0) is 6.42 Å². The second-order valence-corrected chi connectivity index (χ2v) is 4.11. The highest BCUT2D eigenvalue weighted by Crippen LogP contribution is 2.27. The van der Waals surface area contributed by atoms with Gasteiger partial charge in [-0.3, -0.25) is 15.1 Å². The van der Waals surface area contributed by atoms with Crippen molar-refractivity contribution in [2.45, 2.75) is 6.42 Å². The van der Waals surface area contributed by atoms with E-state index in [4.69, 9.17) is 5.26 Å². The minimum absolute atomic E-state index is 0.0568. The van der Waals surface area contributed by atoms with E-state index in [1.807, 2.05) is 18.2 Å². The Morgan fingerprint density at radius 1 is 1.35 bits per heavy atom. The number of hydrogen-bond acceptors (Lipinski definition) is 5. The van der Waals surface area contributed by atoms with E-state index < -0.39 is 4.92 Å². The van der Waals surface area contributed by atoms with Crippen LogP contribution < -0.4 is 5.32 Å². The monoisotopic (exact) mass is 268 g/mol. The van der Waals surface area contributed by atoms with E-state index in [1.165, 1.54) is 6.07 Å². The number of pyridine rings is 1. The summed E-state index contributed by atoms with van der Waals surface area (Å²) in [7, 11) is 0. The third-order valence-corrected chi connectivity index (χ3v) is 2.79. The minimum Gasteiger partial charge on any atom is -0.379 e. The average Bonchev–Trinajstić information content (AvgIpc) is 2.47. The highest BCUT2D eigenvalue weighted by Gasteiger charge is 2.18. The van der Waals surface area contributed by atoms with Crippen LogP contribution in [0.15, 0.2) is 42.7 Å². The molecule has 1 N–H and O–H groups in total. The molecule has 1 aromatic heterocycles. The van der Waals surface area contributed by atoms with Crippen molar-refractivity contribution in [3.8, 4) is 6.07 Å². The standard InChI is InChI=1S/C14H12N4O2/c15-9-12-4-1-5-13(14(12)18(19)20)17-8-6-11-3-2-7-16-10-11/h1-5,7,10,17H,6,8H2. The molecular formula is C14H12N4O2. The fourth-order valence-corrected chi connectivity index (χ4v) is 1.86. The predicted molar refractivity (Wildman–Crippen MR) is 74.2 cm³/mol. The second-order valence-electron chi connectivity index (χ2n) is 4.11. The number of nitro groups is 1. The maximum Gasteiger partial charge on any atom is 0.309 e. The molecule has 1 aromatic carbocycles. The van der Waals surface area contributed by atoms with Gasteiger partial charge < -0.3 is 5.32 Å². The van der Waals surface area contributed by atoms with Gasteiger partial charge in [-0.15, -0.1) is 0 Å². The smallest absolute Gasteiger partial charge is 0.309 e. The zero-order chi connectivity index (χ0) is 14.4. The predicted octanol–water partition coefficient (Wildman–Crippen LogP) is 2.52. The first-order chi connectivity index (χ1) is 9.72. The summed E-state index contributed by atoms with van der Waals surface area (Å²) >= 11 is 0. The summed E-state index contributed by atoms with van der Waals surface area (Å²) < 4.78 is 0. The van der Waals surface area contributed by atoms with E-state index in [9.17, 15) is 10.1 Å². The first-order valence-corrected chi connectivity index (χ1v) is 6.02. The Morgan fingerprint density at radius 2 is 2.20 bits per heavy atom. The van der Waals surface area contributed by atoms with Gasteiger partial charge in [0.05, 0.1) is 4.92 Å². The largest absolute Gasteiger partial charge is 0.379 e. The van der Waals surface area contributed by atoms with Crippen molar-refractivity contribution in [1.29, 1.82) is 5.26 Å². The lowest BCUT2D eigenvalue weighted by Crippen LogP contribution is -2.07. The van der Waals surface area contributed by atoms with Crippen LogP contribution in [0.25, 0.3) is 0 Å². The SMILES string of the molecule is N#Cc1cccc(NCCc2cccnc2)c1[N+](=O)[O-]. The van der Waals surface area contributed by atoms with Crippen molar-refractivity contribution in [2.24, 2.45) is 0 Å². The number of benzene rings is 1. The molecule has 0 saturated carbocycles. The van der Waals surface area contributed by atoms with Gasteiger partial charge in [0.15, 0.2) is 0 Å². The number of para-hydroxylation sites is 1. The van der Waals surface area contributed by atoms with Gasteiger partial charge >= 0.3 is 5.69 Å². The first-order valence-electron chi connectivity index (χ1n) is 6.02. The number of hydrogen-bond donors (Lipinski definition) is 1. The van der Waals surface area contributed by atoms with Gasteiger partial charge in [-0.2, -0.15) is 5.26 Å². The molecule has 0 aliphatic heterocycles. The van der Waals surface area contributed by atoms with E-state index in [2.05, 4.69) is 10.3 Å². The van der Waals surface area contributed by atoms with Crippen LogP contribution in [0, 0.1) is 21.4 Å². The molecule has 0 radical (unpaired) electrons. The third-order valence-electron chi connectivity index (χ3n) is 2.79. The van der Waals surface area contributed by atoms with Crippen LogP contribution in [0.2, 0.25) is 0 Å². The van der Waals surface area contributed by atoms with Crippen molar-refractivity contribution >= 4 is 11.4 Å². The van der Waals surface area contributed by atoms with Gasteiger partial charge in [0, 0.05) is 18.9 Å². The molecule has 0 unspecified atom stereocenters. The Balaban J connectivity index is 2.10. The number of rotatable bonds is 5. The van der Waals surface area contributed by atoms with Crippen LogP contribution in [0.3, 0.4) is 0 Å². The Hall–Kier alpha value is -2.94. The molecule has 0 aliphatic carbocycles. The van der Waals surface area contributed by atoms with Crippen molar-refractivity contribution in [1.82, 2.24) is 4.98 Å². The molecular weight excluding hydrogens is 256 g/mol. The Labute approximate surface area is 115 Å². The molecule has 0 fully saturated rings. The van der Waals surface area contributed by atoms with E-state index >= 15 is 0 Å². The van der Waals surface area contributed by atoms with Gasteiger partial charge in [0.2, 0.25) is 0 Å². The molecule has 0 atom stereocenters. The Bertz CT molecular complexity index is 650. The maximum absolute atomic E-state index is 11.0. The Kier molecular flexibility index (Phi) is 4.24. The molecule has 0 amide bonds. The van der Waals surface area contributed by atoms with E-state index in [0.29, 0.717) is 18.7 Å². The molecule has 0 spiro atoms. The number of nitrogens with zero attached hydrogens (tertiary/aromatic N) is 3. The lowest BCUT2D eigenvalue weighted by atomic mass is 10.1. The van der Waals surface area contributed by atoms with E-state index in [0.717, 1.165) is 5.56 Å². The molecule has 20 heavy (non-hydrogen) atoms. The minimum atomic E-state index is -0.537. The van der Waals surface area contributed by atoms with Gasteiger partial charge in [-0.05, 0) is 30.2 Å². The molecule has 0 saturated heterocycles. The van der Waals surface area contributed by atoms with Crippen molar-refractivity contribution in [3.05, 3.63) is 64.0 Å². The zero-order valence-corrected chi connectivity index (χ0v) is 10.6. The highest BCUT2D eigenvalue weighted by molar-refractivity contribution is 5.68. The van der Waals surface area contributed by atoms with E-state index in [1.54, 1.807) is 24.5 Å². The second kappa shape index (κ2) is 6.29. The fraction of sp³-hybridized carbons (Fsp3) is 0.143. The van der Waals surface area contributed by atoms with Crippen molar-refractivity contribution < 1.29 is 4.92 Å². The molecule has 1 heterocycles.